The highest BCUT2D eigenvalue weighted by molar-refractivity contribution is 5.93. The van der Waals surface area contributed by atoms with E-state index in [9.17, 15) is 4.79 Å². The van der Waals surface area contributed by atoms with E-state index in [1.165, 1.54) is 0 Å². The third-order valence-corrected chi connectivity index (χ3v) is 3.70. The molecule has 2 rings (SSSR count). The SMILES string of the molecule is COc1ccc(N(CCCN)C(=O)CC2CCCO2)cc1. The molecule has 116 valence electrons. The predicted octanol–water partition coefficient (Wildman–Crippen LogP) is 1.95. The zero-order valence-corrected chi connectivity index (χ0v) is 12.6. The lowest BCUT2D eigenvalue weighted by Gasteiger charge is -2.24. The van der Waals surface area contributed by atoms with Crippen LogP contribution in [0.3, 0.4) is 0 Å². The minimum absolute atomic E-state index is 0.0659. The van der Waals surface area contributed by atoms with Gasteiger partial charge in [0.2, 0.25) is 5.91 Å². The maximum atomic E-state index is 12.5. The Morgan fingerprint density at radius 1 is 1.43 bits per heavy atom. The van der Waals surface area contributed by atoms with E-state index in [0.717, 1.165) is 37.3 Å². The summed E-state index contributed by atoms with van der Waals surface area (Å²) < 4.78 is 10.7. The van der Waals surface area contributed by atoms with Crippen molar-refractivity contribution in [2.24, 2.45) is 5.73 Å². The molecule has 5 nitrogen and oxygen atoms in total. The third kappa shape index (κ3) is 4.44. The molecule has 1 unspecified atom stereocenters. The average Bonchev–Trinajstić information content (AvgIpc) is 3.01. The van der Waals surface area contributed by atoms with Crippen LogP contribution in [0.5, 0.6) is 5.75 Å². The lowest BCUT2D eigenvalue weighted by atomic mass is 10.1. The van der Waals surface area contributed by atoms with E-state index in [1.54, 1.807) is 12.0 Å². The minimum Gasteiger partial charge on any atom is -0.497 e. The Bertz CT molecular complexity index is 441. The van der Waals surface area contributed by atoms with Gasteiger partial charge in [0, 0.05) is 18.8 Å². The summed E-state index contributed by atoms with van der Waals surface area (Å²) in [5.41, 5.74) is 6.46. The molecule has 1 heterocycles. The molecule has 1 atom stereocenters. The number of amides is 1. The van der Waals surface area contributed by atoms with Gasteiger partial charge in [-0.25, -0.2) is 0 Å². The number of carbonyl (C=O) groups excluding carboxylic acids is 1. The summed E-state index contributed by atoms with van der Waals surface area (Å²) in [5, 5.41) is 0. The molecule has 1 aliphatic heterocycles. The first-order chi connectivity index (χ1) is 10.2. The molecule has 0 aliphatic carbocycles. The Kier molecular flexibility index (Phi) is 6.02. The second-order valence-corrected chi connectivity index (χ2v) is 5.22. The Labute approximate surface area is 126 Å². The molecule has 21 heavy (non-hydrogen) atoms. The molecule has 0 bridgehead atoms. The maximum absolute atomic E-state index is 12.5. The van der Waals surface area contributed by atoms with Crippen LogP contribution in [0.4, 0.5) is 5.69 Å². The molecular weight excluding hydrogens is 268 g/mol. The van der Waals surface area contributed by atoms with Crippen molar-refractivity contribution < 1.29 is 14.3 Å². The van der Waals surface area contributed by atoms with Crippen LogP contribution in [0.2, 0.25) is 0 Å². The van der Waals surface area contributed by atoms with Crippen LogP contribution < -0.4 is 15.4 Å². The highest BCUT2D eigenvalue weighted by Gasteiger charge is 2.23. The summed E-state index contributed by atoms with van der Waals surface area (Å²) >= 11 is 0. The second kappa shape index (κ2) is 8.00. The molecule has 0 saturated carbocycles. The number of nitrogens with two attached hydrogens (primary N) is 1. The molecule has 1 aliphatic rings. The molecular formula is C16H24N2O3. The van der Waals surface area contributed by atoms with Crippen molar-refractivity contribution in [2.75, 3.05) is 31.7 Å². The molecule has 5 heteroatoms. The van der Waals surface area contributed by atoms with Crippen molar-refractivity contribution in [3.8, 4) is 5.75 Å². The molecule has 1 saturated heterocycles. The summed E-state index contributed by atoms with van der Waals surface area (Å²) in [6.07, 6.45) is 3.30. The fourth-order valence-corrected chi connectivity index (χ4v) is 2.52. The average molecular weight is 292 g/mol. The van der Waals surface area contributed by atoms with E-state index in [2.05, 4.69) is 0 Å². The molecule has 0 radical (unpaired) electrons. The summed E-state index contributed by atoms with van der Waals surface area (Å²) in [5.74, 6) is 0.879. The summed E-state index contributed by atoms with van der Waals surface area (Å²) in [4.78, 5) is 14.3. The number of hydrogen-bond donors (Lipinski definition) is 1. The summed E-state index contributed by atoms with van der Waals surface area (Å²) in [6, 6.07) is 7.54. The highest BCUT2D eigenvalue weighted by Crippen LogP contribution is 2.22. The van der Waals surface area contributed by atoms with Crippen molar-refractivity contribution in [3.63, 3.8) is 0 Å². The van der Waals surface area contributed by atoms with Crippen LogP contribution in [-0.4, -0.2) is 38.8 Å². The number of methoxy groups -OCH3 is 1. The quantitative estimate of drug-likeness (QED) is 0.834. The first-order valence-corrected chi connectivity index (χ1v) is 7.50. The van der Waals surface area contributed by atoms with Gasteiger partial charge < -0.3 is 20.1 Å². The molecule has 0 aromatic heterocycles. The van der Waals surface area contributed by atoms with Crippen LogP contribution in [0.15, 0.2) is 24.3 Å². The van der Waals surface area contributed by atoms with Gasteiger partial charge in [0.15, 0.2) is 0 Å². The fourth-order valence-electron chi connectivity index (χ4n) is 2.52. The normalized spacial score (nSPS) is 17.7. The van der Waals surface area contributed by atoms with Gasteiger partial charge in [0.25, 0.3) is 0 Å². The lowest BCUT2D eigenvalue weighted by molar-refractivity contribution is -0.120. The fraction of sp³-hybridized carbons (Fsp3) is 0.562. The number of anilines is 1. The van der Waals surface area contributed by atoms with E-state index >= 15 is 0 Å². The Morgan fingerprint density at radius 2 is 2.19 bits per heavy atom. The van der Waals surface area contributed by atoms with E-state index in [0.29, 0.717) is 19.5 Å². The maximum Gasteiger partial charge on any atom is 0.229 e. The van der Waals surface area contributed by atoms with Gasteiger partial charge in [0.1, 0.15) is 5.75 Å². The van der Waals surface area contributed by atoms with E-state index in [1.807, 2.05) is 24.3 Å². The minimum atomic E-state index is 0.0659. The van der Waals surface area contributed by atoms with Gasteiger partial charge in [-0.1, -0.05) is 0 Å². The largest absolute Gasteiger partial charge is 0.497 e. The van der Waals surface area contributed by atoms with Gasteiger partial charge >= 0.3 is 0 Å². The smallest absolute Gasteiger partial charge is 0.229 e. The highest BCUT2D eigenvalue weighted by atomic mass is 16.5. The monoisotopic (exact) mass is 292 g/mol. The molecule has 2 N–H and O–H groups in total. The molecule has 1 fully saturated rings. The first-order valence-electron chi connectivity index (χ1n) is 7.50. The van der Waals surface area contributed by atoms with Crippen molar-refractivity contribution in [1.29, 1.82) is 0 Å². The zero-order chi connectivity index (χ0) is 15.1. The molecule has 1 aromatic rings. The number of benzene rings is 1. The van der Waals surface area contributed by atoms with E-state index < -0.39 is 0 Å². The van der Waals surface area contributed by atoms with Crippen molar-refractivity contribution in [3.05, 3.63) is 24.3 Å². The van der Waals surface area contributed by atoms with Crippen LogP contribution in [0.25, 0.3) is 0 Å². The van der Waals surface area contributed by atoms with Crippen LogP contribution in [0, 0.1) is 0 Å². The Balaban J connectivity index is 2.05. The molecule has 0 spiro atoms. The van der Waals surface area contributed by atoms with Gasteiger partial charge in [-0.2, -0.15) is 0 Å². The lowest BCUT2D eigenvalue weighted by Crippen LogP contribution is -2.35. The Hall–Kier alpha value is -1.59. The van der Waals surface area contributed by atoms with E-state index in [-0.39, 0.29) is 12.0 Å². The summed E-state index contributed by atoms with van der Waals surface area (Å²) in [7, 11) is 1.63. The van der Waals surface area contributed by atoms with Crippen molar-refractivity contribution in [2.45, 2.75) is 31.8 Å². The number of ether oxygens (including phenoxy) is 2. The topological polar surface area (TPSA) is 64.8 Å². The van der Waals surface area contributed by atoms with Crippen LogP contribution in [-0.2, 0) is 9.53 Å². The molecule has 1 aromatic carbocycles. The number of hydrogen-bond acceptors (Lipinski definition) is 4. The molecule has 1 amide bonds. The van der Waals surface area contributed by atoms with Crippen LogP contribution >= 0.6 is 0 Å². The second-order valence-electron chi connectivity index (χ2n) is 5.22. The van der Waals surface area contributed by atoms with Gasteiger partial charge in [0.05, 0.1) is 19.6 Å². The standard InChI is InChI=1S/C16H24N2O3/c1-20-14-7-5-13(6-8-14)18(10-3-9-17)16(19)12-15-4-2-11-21-15/h5-8,15H,2-4,9-12,17H2,1H3. The first kappa shape index (κ1) is 15.8. The van der Waals surface area contributed by atoms with Crippen molar-refractivity contribution >= 4 is 11.6 Å². The third-order valence-electron chi connectivity index (χ3n) is 3.70. The van der Waals surface area contributed by atoms with Crippen LogP contribution in [0.1, 0.15) is 25.7 Å². The zero-order valence-electron chi connectivity index (χ0n) is 12.6. The van der Waals surface area contributed by atoms with Gasteiger partial charge in [-0.05, 0) is 50.1 Å². The predicted molar refractivity (Wildman–Crippen MR) is 82.6 cm³/mol. The summed E-state index contributed by atoms with van der Waals surface area (Å²) in [6.45, 7) is 1.97. The van der Waals surface area contributed by atoms with Gasteiger partial charge in [-0.15, -0.1) is 0 Å². The van der Waals surface area contributed by atoms with Gasteiger partial charge in [-0.3, -0.25) is 4.79 Å². The Morgan fingerprint density at radius 3 is 2.76 bits per heavy atom. The van der Waals surface area contributed by atoms with E-state index in [4.69, 9.17) is 15.2 Å². The number of nitrogens with zero attached hydrogens (tertiary/aromatic N) is 1. The number of rotatable bonds is 7. The number of carbonyl (C=O) groups is 1. The van der Waals surface area contributed by atoms with Crippen molar-refractivity contribution in [1.82, 2.24) is 0 Å².